The largest absolute Gasteiger partial charge is 0.456 e. The average Bonchev–Trinajstić information content (AvgIpc) is 4.19. The van der Waals surface area contributed by atoms with Crippen molar-refractivity contribution in [1.82, 2.24) is 17.9 Å². The fourth-order valence-corrected chi connectivity index (χ4v) is 15.3. The first-order chi connectivity index (χ1) is 36.8. The molecule has 16 rings (SSSR count). The lowest BCUT2D eigenvalue weighted by molar-refractivity contribution is 0.669. The third-order valence-electron chi connectivity index (χ3n) is 17.7. The molecule has 0 unspecified atom stereocenters. The van der Waals surface area contributed by atoms with E-state index in [0.29, 0.717) is 0 Å². The second-order valence-corrected chi connectivity index (χ2v) is 22.6. The van der Waals surface area contributed by atoms with E-state index in [0.717, 1.165) is 93.5 Å². The third kappa shape index (κ3) is 5.50. The van der Waals surface area contributed by atoms with Gasteiger partial charge in [-0.15, -0.1) is 0 Å². The molecule has 76 heavy (non-hydrogen) atoms. The average molecular weight is 979 g/mol. The van der Waals surface area contributed by atoms with Crippen LogP contribution >= 0.6 is 0 Å². The van der Waals surface area contributed by atoms with E-state index in [1.54, 1.807) is 0 Å². The Labute approximate surface area is 440 Å². The summed E-state index contributed by atoms with van der Waals surface area (Å²) in [4.78, 5) is 16.8. The van der Waals surface area contributed by atoms with Gasteiger partial charge in [0.2, 0.25) is 13.4 Å². The Morgan fingerprint density at radius 3 is 1.46 bits per heavy atom. The van der Waals surface area contributed by atoms with Crippen molar-refractivity contribution in [1.29, 1.82) is 0 Å². The van der Waals surface area contributed by atoms with Gasteiger partial charge in [-0.05, 0) is 160 Å². The first-order valence-electron chi connectivity index (χ1n) is 26.8. The van der Waals surface area contributed by atoms with E-state index in [2.05, 4.69) is 220 Å². The highest BCUT2D eigenvalue weighted by atomic mass is 16.3. The maximum Gasteiger partial charge on any atom is 0.340 e. The fraction of sp³-hybridized carbons (Fsp3) is 0.132. The van der Waals surface area contributed by atoms with Gasteiger partial charge in [-0.1, -0.05) is 153 Å². The maximum absolute atomic E-state index is 16.8. The SMILES string of the molecule is Cc1cc(C)c(B2c3cc(-c4c(C)cc(C)cc4C)cc4c3-n3c5c2c2cc6oc7ccccc7c6cc2n5c(=O)n2c5cc6c7ccccc7n(-c7ccccc7)c6cc5c(c32)B4c2c(C)cc(C)cc2C)c(C)c1. The lowest BCUT2D eigenvalue weighted by Crippen LogP contribution is -2.65. The van der Waals surface area contributed by atoms with E-state index in [4.69, 9.17) is 4.42 Å². The first kappa shape index (κ1) is 43.6. The van der Waals surface area contributed by atoms with Gasteiger partial charge in [0.05, 0.1) is 22.1 Å². The Hall–Kier alpha value is -8.74. The minimum absolute atomic E-state index is 0.0753. The van der Waals surface area contributed by atoms with Gasteiger partial charge in [0.1, 0.15) is 22.5 Å². The van der Waals surface area contributed by atoms with E-state index >= 15 is 4.79 Å². The van der Waals surface area contributed by atoms with Crippen molar-refractivity contribution in [2.75, 3.05) is 0 Å². The Balaban J connectivity index is 1.20. The third-order valence-corrected chi connectivity index (χ3v) is 17.7. The molecule has 0 saturated carbocycles. The number of hydrogen-bond donors (Lipinski definition) is 0. The number of benzene rings is 9. The second kappa shape index (κ2) is 15.0. The van der Waals surface area contributed by atoms with Gasteiger partial charge in [0.25, 0.3) is 0 Å². The summed E-state index contributed by atoms with van der Waals surface area (Å²) in [5.41, 5.74) is 30.8. The van der Waals surface area contributed by atoms with Crippen molar-refractivity contribution in [3.8, 4) is 22.5 Å². The van der Waals surface area contributed by atoms with Crippen LogP contribution in [0.25, 0.3) is 99.3 Å². The van der Waals surface area contributed by atoms with Crippen LogP contribution in [0.4, 0.5) is 0 Å². The number of nitrogens with zero attached hydrogens (tertiary/aromatic N) is 4. The van der Waals surface area contributed by atoms with Crippen molar-refractivity contribution in [3.05, 3.63) is 212 Å². The zero-order valence-corrected chi connectivity index (χ0v) is 44.2. The van der Waals surface area contributed by atoms with Crippen molar-refractivity contribution >= 4 is 123 Å². The smallest absolute Gasteiger partial charge is 0.340 e. The van der Waals surface area contributed by atoms with E-state index in [-0.39, 0.29) is 19.1 Å². The number of rotatable bonds is 4. The molecule has 9 aromatic carbocycles. The van der Waals surface area contributed by atoms with Crippen LogP contribution in [0.3, 0.4) is 0 Å². The van der Waals surface area contributed by atoms with Crippen LogP contribution in [-0.2, 0) is 0 Å². The zero-order chi connectivity index (χ0) is 51.5. The van der Waals surface area contributed by atoms with E-state index in [1.807, 2.05) is 12.1 Å². The summed E-state index contributed by atoms with van der Waals surface area (Å²) in [5, 5.41) is 6.38. The molecule has 2 aliphatic heterocycles. The Morgan fingerprint density at radius 2 is 0.868 bits per heavy atom. The highest BCUT2D eigenvalue weighted by Crippen LogP contribution is 2.40. The molecule has 7 heterocycles. The Bertz CT molecular complexity index is 5010. The summed E-state index contributed by atoms with van der Waals surface area (Å²) in [6.07, 6.45) is 0. The van der Waals surface area contributed by atoms with E-state index in [1.165, 1.54) is 88.7 Å². The van der Waals surface area contributed by atoms with Crippen LogP contribution in [0.5, 0.6) is 0 Å². The van der Waals surface area contributed by atoms with Crippen LogP contribution in [0.1, 0.15) is 50.1 Å². The Morgan fingerprint density at radius 1 is 0.382 bits per heavy atom. The number of fused-ring (bicyclic) bond motifs is 12. The molecule has 0 radical (unpaired) electrons. The molecule has 5 aromatic heterocycles. The predicted molar refractivity (Wildman–Crippen MR) is 321 cm³/mol. The van der Waals surface area contributed by atoms with Gasteiger partial charge in [-0.25, -0.2) is 13.6 Å². The summed E-state index contributed by atoms with van der Waals surface area (Å²) in [5.74, 6) is 0. The van der Waals surface area contributed by atoms with Gasteiger partial charge in [0.15, 0.2) is 0 Å². The number of aromatic nitrogens is 4. The van der Waals surface area contributed by atoms with Crippen LogP contribution < -0.4 is 38.5 Å². The minimum Gasteiger partial charge on any atom is -0.456 e. The van der Waals surface area contributed by atoms with Crippen molar-refractivity contribution in [3.63, 3.8) is 0 Å². The van der Waals surface area contributed by atoms with Gasteiger partial charge >= 0.3 is 5.69 Å². The van der Waals surface area contributed by atoms with Gasteiger partial charge in [-0.2, -0.15) is 0 Å². The van der Waals surface area contributed by atoms with E-state index < -0.39 is 0 Å². The molecule has 2 aliphatic rings. The Kier molecular flexibility index (Phi) is 8.60. The molecule has 6 nitrogen and oxygen atoms in total. The minimum atomic E-state index is -0.234. The molecule has 0 N–H and O–H groups in total. The molecule has 0 saturated heterocycles. The molecule has 362 valence electrons. The summed E-state index contributed by atoms with van der Waals surface area (Å²) in [6.45, 7) is 19.9. The van der Waals surface area contributed by atoms with E-state index in [9.17, 15) is 0 Å². The topological polar surface area (TPSA) is 48.9 Å². The van der Waals surface area contributed by atoms with Crippen LogP contribution in [-0.4, -0.2) is 31.4 Å². The van der Waals surface area contributed by atoms with Crippen molar-refractivity contribution < 1.29 is 4.42 Å². The summed E-state index contributed by atoms with van der Waals surface area (Å²) in [7, 11) is 0. The second-order valence-electron chi connectivity index (χ2n) is 22.6. The zero-order valence-electron chi connectivity index (χ0n) is 44.2. The predicted octanol–water partition coefficient (Wildman–Crippen LogP) is 11.7. The standard InChI is InChI=1S/C68H52B2N4O2/c1-35-23-38(4)60(39(5)24-35)44-29-52-65-53(30-44)70(62-42(8)27-37(3)28-43(62)9)64-51-34-59-49(47-20-14-16-22-58(47)76-59)32-57(51)73-67(64)74(65)66-63(69(52)61-40(6)25-36(2)26-41(61)7)50-33-55-48(31-56(50)72(66)68(73)75)46-19-13-15-21-54(46)71(55)45-17-11-10-12-18-45/h10-34H,1-9H3. The lowest BCUT2D eigenvalue weighted by Gasteiger charge is -2.36. The molecule has 0 fully saturated rings. The maximum atomic E-state index is 16.8. The first-order valence-corrected chi connectivity index (χ1v) is 26.8. The number of furan rings is 1. The quantitative estimate of drug-likeness (QED) is 0.165. The fourth-order valence-electron chi connectivity index (χ4n) is 15.3. The number of para-hydroxylation sites is 3. The molecule has 0 atom stereocenters. The number of hydrogen-bond acceptors (Lipinski definition) is 2. The van der Waals surface area contributed by atoms with Gasteiger partial charge < -0.3 is 8.98 Å². The number of aryl methyl sites for hydroxylation is 9. The normalized spacial score (nSPS) is 13.1. The molecule has 0 aliphatic carbocycles. The lowest BCUT2D eigenvalue weighted by atomic mass is 9.30. The highest BCUT2D eigenvalue weighted by Gasteiger charge is 2.46. The molecule has 8 heteroatoms. The molecule has 0 spiro atoms. The molecule has 0 bridgehead atoms. The van der Waals surface area contributed by atoms with Crippen LogP contribution in [0, 0.1) is 62.3 Å². The summed E-state index contributed by atoms with van der Waals surface area (Å²) < 4.78 is 15.9. The highest BCUT2D eigenvalue weighted by molar-refractivity contribution is 7.03. The molecular weight excluding hydrogens is 926 g/mol. The van der Waals surface area contributed by atoms with Gasteiger partial charge in [-0.3, -0.25) is 4.57 Å². The van der Waals surface area contributed by atoms with Gasteiger partial charge in [0, 0.05) is 38.3 Å². The monoisotopic (exact) mass is 978 g/mol. The molecular formula is C68H52B2N4O2. The van der Waals surface area contributed by atoms with Crippen molar-refractivity contribution in [2.24, 2.45) is 0 Å². The summed E-state index contributed by atoms with van der Waals surface area (Å²) >= 11 is 0. The molecule has 14 aromatic rings. The molecule has 0 amide bonds. The summed E-state index contributed by atoms with van der Waals surface area (Å²) in [6, 6.07) is 56.1. The van der Waals surface area contributed by atoms with Crippen LogP contribution in [0.15, 0.2) is 161 Å². The van der Waals surface area contributed by atoms with Crippen LogP contribution in [0.2, 0.25) is 0 Å². The van der Waals surface area contributed by atoms with Crippen molar-refractivity contribution in [2.45, 2.75) is 62.3 Å².